The first-order chi connectivity index (χ1) is 16.8. The summed E-state index contributed by atoms with van der Waals surface area (Å²) in [4.78, 5) is 40.9. The van der Waals surface area contributed by atoms with Crippen molar-refractivity contribution < 1.29 is 19.4 Å². The third kappa shape index (κ3) is 7.83. The molecule has 190 valence electrons. The van der Waals surface area contributed by atoms with Crippen LogP contribution in [-0.2, 0) is 20.9 Å². The SMILES string of the molecule is COC(=O)CCCCC(=O)NN=C(CC1NCCCC1O)Cn1cnc2cc(Br)c(Cl)cc2c1=O. The molecule has 0 spiro atoms. The molecule has 0 radical (unpaired) electrons. The lowest BCUT2D eigenvalue weighted by molar-refractivity contribution is -0.140. The number of methoxy groups -OCH3 is 1. The van der Waals surface area contributed by atoms with Crippen molar-refractivity contribution in [3.8, 4) is 0 Å². The van der Waals surface area contributed by atoms with Gasteiger partial charge in [-0.2, -0.15) is 5.10 Å². The van der Waals surface area contributed by atoms with E-state index in [4.69, 9.17) is 11.6 Å². The van der Waals surface area contributed by atoms with Gasteiger partial charge in [0, 0.05) is 29.8 Å². The number of amides is 1. The first-order valence-corrected chi connectivity index (χ1v) is 12.6. The number of hydrogen-bond donors (Lipinski definition) is 3. The number of carbonyl (C=O) groups is 2. The summed E-state index contributed by atoms with van der Waals surface area (Å²) < 4.78 is 6.64. The minimum Gasteiger partial charge on any atom is -0.469 e. The summed E-state index contributed by atoms with van der Waals surface area (Å²) in [7, 11) is 1.33. The molecular formula is C23H29BrClN5O5. The molecular weight excluding hydrogens is 542 g/mol. The minimum absolute atomic E-state index is 0.0863. The molecule has 2 heterocycles. The van der Waals surface area contributed by atoms with Crippen LogP contribution in [0.2, 0.25) is 5.02 Å². The topological polar surface area (TPSA) is 135 Å². The Morgan fingerprint density at radius 1 is 1.37 bits per heavy atom. The van der Waals surface area contributed by atoms with E-state index in [1.807, 2.05) is 0 Å². The van der Waals surface area contributed by atoms with Crippen molar-refractivity contribution in [2.45, 2.75) is 63.6 Å². The van der Waals surface area contributed by atoms with Gasteiger partial charge in [-0.15, -0.1) is 0 Å². The third-order valence-corrected chi connectivity index (χ3v) is 7.02. The van der Waals surface area contributed by atoms with E-state index < -0.39 is 6.10 Å². The quantitative estimate of drug-likeness (QED) is 0.173. The van der Waals surface area contributed by atoms with Crippen LogP contribution in [0.5, 0.6) is 0 Å². The number of ether oxygens (including phenoxy) is 1. The van der Waals surface area contributed by atoms with Gasteiger partial charge in [0.2, 0.25) is 5.91 Å². The Kier molecular flexibility index (Phi) is 10.2. The number of aromatic nitrogens is 2. The molecule has 2 atom stereocenters. The Balaban J connectivity index is 1.75. The fraction of sp³-hybridized carbons (Fsp3) is 0.522. The number of unbranched alkanes of at least 4 members (excludes halogenated alkanes) is 1. The lowest BCUT2D eigenvalue weighted by Gasteiger charge is -2.29. The number of rotatable bonds is 10. The van der Waals surface area contributed by atoms with Gasteiger partial charge in [0.1, 0.15) is 0 Å². The zero-order valence-electron chi connectivity index (χ0n) is 19.4. The van der Waals surface area contributed by atoms with Crippen LogP contribution >= 0.6 is 27.5 Å². The van der Waals surface area contributed by atoms with Gasteiger partial charge < -0.3 is 15.2 Å². The molecule has 0 bridgehead atoms. The van der Waals surface area contributed by atoms with E-state index in [1.165, 1.54) is 18.0 Å². The van der Waals surface area contributed by atoms with Crippen LogP contribution in [0.3, 0.4) is 0 Å². The summed E-state index contributed by atoms with van der Waals surface area (Å²) in [5.74, 6) is -0.613. The van der Waals surface area contributed by atoms with Gasteiger partial charge in [0.25, 0.3) is 5.56 Å². The summed E-state index contributed by atoms with van der Waals surface area (Å²) in [5.41, 5.74) is 3.27. The van der Waals surface area contributed by atoms with Crippen LogP contribution < -0.4 is 16.3 Å². The van der Waals surface area contributed by atoms with Crippen molar-refractivity contribution in [1.29, 1.82) is 0 Å². The van der Waals surface area contributed by atoms with Gasteiger partial charge in [0.05, 0.1) is 47.7 Å². The summed E-state index contributed by atoms with van der Waals surface area (Å²) in [6, 6.07) is 3.00. The van der Waals surface area contributed by atoms with Crippen LogP contribution in [0.1, 0.15) is 44.9 Å². The second-order valence-electron chi connectivity index (χ2n) is 8.43. The number of nitrogens with one attached hydrogen (secondary N) is 2. The highest BCUT2D eigenvalue weighted by atomic mass is 79.9. The molecule has 1 aliphatic heterocycles. The second kappa shape index (κ2) is 13.1. The Bertz CT molecular complexity index is 1160. The number of benzene rings is 1. The van der Waals surface area contributed by atoms with E-state index in [0.29, 0.717) is 51.8 Å². The normalized spacial score (nSPS) is 18.5. The average molecular weight is 571 g/mol. The molecule has 1 saturated heterocycles. The third-order valence-electron chi connectivity index (χ3n) is 5.82. The van der Waals surface area contributed by atoms with E-state index in [-0.39, 0.29) is 42.9 Å². The van der Waals surface area contributed by atoms with Gasteiger partial charge in [-0.1, -0.05) is 11.6 Å². The molecule has 2 aromatic rings. The smallest absolute Gasteiger partial charge is 0.305 e. The van der Waals surface area contributed by atoms with Crippen LogP contribution in [-0.4, -0.2) is 58.0 Å². The maximum atomic E-state index is 13.1. The molecule has 0 aliphatic carbocycles. The number of esters is 1. The number of nitrogens with zero attached hydrogens (tertiary/aromatic N) is 3. The Hall–Kier alpha value is -2.34. The van der Waals surface area contributed by atoms with Crippen molar-refractivity contribution >= 4 is 56.0 Å². The van der Waals surface area contributed by atoms with Crippen molar-refractivity contribution in [2.24, 2.45) is 5.10 Å². The first kappa shape index (κ1) is 27.3. The first-order valence-electron chi connectivity index (χ1n) is 11.4. The van der Waals surface area contributed by atoms with Crippen molar-refractivity contribution in [1.82, 2.24) is 20.3 Å². The van der Waals surface area contributed by atoms with E-state index >= 15 is 0 Å². The highest BCUT2D eigenvalue weighted by molar-refractivity contribution is 9.10. The predicted molar refractivity (Wildman–Crippen MR) is 136 cm³/mol. The number of hydrogen-bond acceptors (Lipinski definition) is 8. The molecule has 1 aromatic carbocycles. The molecule has 3 rings (SSSR count). The number of carbonyl (C=O) groups excluding carboxylic acids is 2. The van der Waals surface area contributed by atoms with E-state index in [0.717, 1.165) is 13.0 Å². The largest absolute Gasteiger partial charge is 0.469 e. The lowest BCUT2D eigenvalue weighted by atomic mass is 9.96. The van der Waals surface area contributed by atoms with Crippen molar-refractivity contribution in [2.75, 3.05) is 13.7 Å². The number of piperidine rings is 1. The predicted octanol–water partition coefficient (Wildman–Crippen LogP) is 2.52. The van der Waals surface area contributed by atoms with Gasteiger partial charge in [-0.25, -0.2) is 10.4 Å². The zero-order valence-corrected chi connectivity index (χ0v) is 21.8. The van der Waals surface area contributed by atoms with Gasteiger partial charge in [-0.3, -0.25) is 19.0 Å². The summed E-state index contributed by atoms with van der Waals surface area (Å²) in [6.07, 6.45) is 4.26. The number of fused-ring (bicyclic) bond motifs is 1. The van der Waals surface area contributed by atoms with E-state index in [1.54, 1.807) is 12.1 Å². The van der Waals surface area contributed by atoms with Crippen LogP contribution in [0, 0.1) is 0 Å². The van der Waals surface area contributed by atoms with Crippen LogP contribution in [0.15, 0.2) is 32.8 Å². The number of halogens is 2. The Morgan fingerprint density at radius 3 is 2.89 bits per heavy atom. The minimum atomic E-state index is -0.550. The van der Waals surface area contributed by atoms with Crippen LogP contribution in [0.25, 0.3) is 10.9 Å². The monoisotopic (exact) mass is 569 g/mol. The zero-order chi connectivity index (χ0) is 25.4. The van der Waals surface area contributed by atoms with E-state index in [9.17, 15) is 19.5 Å². The standard InChI is InChI=1S/C23H29BrClN5O5/c1-35-22(33)7-3-2-6-21(32)29-28-14(9-19-20(31)5-4-8-26-19)12-30-13-27-18-11-16(24)17(25)10-15(18)23(30)34/h10-11,13,19-20,26,31H,2-9,12H2,1H3,(H,29,32). The van der Waals surface area contributed by atoms with Crippen molar-refractivity contribution in [3.63, 3.8) is 0 Å². The average Bonchev–Trinajstić information content (AvgIpc) is 2.84. The summed E-state index contributed by atoms with van der Waals surface area (Å²) in [6.45, 7) is 0.857. The van der Waals surface area contributed by atoms with E-state index in [2.05, 4.69) is 41.5 Å². The second-order valence-corrected chi connectivity index (χ2v) is 9.69. The summed E-state index contributed by atoms with van der Waals surface area (Å²) in [5, 5.41) is 18.7. The number of aliphatic hydroxyl groups is 1. The van der Waals surface area contributed by atoms with Crippen LogP contribution in [0.4, 0.5) is 0 Å². The maximum Gasteiger partial charge on any atom is 0.305 e. The molecule has 10 nitrogen and oxygen atoms in total. The molecule has 2 unspecified atom stereocenters. The van der Waals surface area contributed by atoms with Gasteiger partial charge in [0.15, 0.2) is 0 Å². The molecule has 1 aliphatic rings. The molecule has 3 N–H and O–H groups in total. The van der Waals surface area contributed by atoms with Gasteiger partial charge >= 0.3 is 5.97 Å². The Labute approximate surface area is 216 Å². The highest BCUT2D eigenvalue weighted by Gasteiger charge is 2.24. The molecule has 1 fully saturated rings. The maximum absolute atomic E-state index is 13.1. The highest BCUT2D eigenvalue weighted by Crippen LogP contribution is 2.25. The number of hydrazone groups is 1. The van der Waals surface area contributed by atoms with Crippen molar-refractivity contribution in [3.05, 3.63) is 38.3 Å². The fourth-order valence-corrected chi connectivity index (χ4v) is 4.36. The summed E-state index contributed by atoms with van der Waals surface area (Å²) >= 11 is 9.50. The molecule has 35 heavy (non-hydrogen) atoms. The molecule has 12 heteroatoms. The lowest BCUT2D eigenvalue weighted by Crippen LogP contribution is -2.46. The molecule has 0 saturated carbocycles. The number of aliphatic hydroxyl groups excluding tert-OH is 1. The molecule has 1 aromatic heterocycles. The fourth-order valence-electron chi connectivity index (χ4n) is 3.86. The van der Waals surface area contributed by atoms with Gasteiger partial charge in [-0.05, 0) is 60.3 Å². The molecule has 1 amide bonds. The Morgan fingerprint density at radius 2 is 2.14 bits per heavy atom.